The number of aromatic nitrogens is 2. The quantitative estimate of drug-likeness (QED) is 0.430. The summed E-state index contributed by atoms with van der Waals surface area (Å²) in [5.74, 6) is -3.47. The van der Waals surface area contributed by atoms with E-state index in [1.165, 1.54) is 6.07 Å². The Morgan fingerprint density at radius 2 is 1.88 bits per heavy atom. The van der Waals surface area contributed by atoms with Crippen molar-refractivity contribution < 1.29 is 33.4 Å². The average Bonchev–Trinajstić information content (AvgIpc) is 3.30. The van der Waals surface area contributed by atoms with Crippen LogP contribution in [0.1, 0.15) is 35.6 Å². The van der Waals surface area contributed by atoms with Gasteiger partial charge in [0, 0.05) is 0 Å². The fourth-order valence-corrected chi connectivity index (χ4v) is 3.68. The number of amides is 2. The van der Waals surface area contributed by atoms with Gasteiger partial charge < -0.3 is 9.47 Å². The van der Waals surface area contributed by atoms with Crippen LogP contribution in [0.4, 0.5) is 10.8 Å². The van der Waals surface area contributed by atoms with Crippen molar-refractivity contribution in [2.75, 3.05) is 23.4 Å². The van der Waals surface area contributed by atoms with Crippen LogP contribution in [-0.4, -0.2) is 59.0 Å². The first-order valence-electron chi connectivity index (χ1n) is 9.77. The molecule has 2 amide bonds. The van der Waals surface area contributed by atoms with E-state index in [0.29, 0.717) is 10.7 Å². The normalized spacial score (nSPS) is 13.5. The van der Waals surface area contributed by atoms with Crippen LogP contribution < -0.4 is 10.2 Å². The first kappa shape index (κ1) is 23.0. The van der Waals surface area contributed by atoms with Gasteiger partial charge in [-0.05, 0) is 25.5 Å². The summed E-state index contributed by atoms with van der Waals surface area (Å²) in [4.78, 5) is 61.6. The number of hydrogen-bond acceptors (Lipinski definition) is 10. The molecule has 1 aliphatic heterocycles. The lowest BCUT2D eigenvalue weighted by molar-refractivity contribution is -0.153. The fraction of sp³-hybridized carbons (Fsp3) is 0.350. The lowest BCUT2D eigenvalue weighted by Gasteiger charge is -2.19. The first-order chi connectivity index (χ1) is 15.3. The maximum Gasteiger partial charge on any atom is 0.326 e. The van der Waals surface area contributed by atoms with Crippen LogP contribution in [0.3, 0.4) is 0 Å². The largest absolute Gasteiger partial charge is 0.466 e. The summed E-state index contributed by atoms with van der Waals surface area (Å²) in [6, 6.07) is 6.32. The van der Waals surface area contributed by atoms with Crippen LogP contribution >= 0.6 is 11.3 Å². The number of nitrogens with zero attached hydrogens (tertiary/aromatic N) is 3. The number of esters is 2. The van der Waals surface area contributed by atoms with E-state index >= 15 is 0 Å². The van der Waals surface area contributed by atoms with Crippen molar-refractivity contribution in [3.8, 4) is 0 Å². The van der Waals surface area contributed by atoms with E-state index in [1.54, 1.807) is 32.0 Å². The molecule has 168 valence electrons. The third-order valence-corrected chi connectivity index (χ3v) is 5.24. The van der Waals surface area contributed by atoms with Crippen molar-refractivity contribution in [3.63, 3.8) is 0 Å². The maximum atomic E-state index is 12.5. The number of fused-ring (bicyclic) bond motifs is 1. The minimum absolute atomic E-state index is 0.0718. The number of hydrogen-bond donors (Lipinski definition) is 1. The smallest absolute Gasteiger partial charge is 0.326 e. The average molecular weight is 460 g/mol. The van der Waals surface area contributed by atoms with Crippen molar-refractivity contribution in [3.05, 3.63) is 34.8 Å². The highest BCUT2D eigenvalue weighted by molar-refractivity contribution is 7.15. The number of Topliss-reactive ketones (excluding diaryl/α,β-unsaturated/α-hetero) is 1. The van der Waals surface area contributed by atoms with Crippen molar-refractivity contribution in [2.24, 2.45) is 0 Å². The Labute approximate surface area is 186 Å². The van der Waals surface area contributed by atoms with Crippen molar-refractivity contribution in [1.82, 2.24) is 10.2 Å². The summed E-state index contributed by atoms with van der Waals surface area (Å²) in [5.41, 5.74) is 0.532. The third kappa shape index (κ3) is 5.14. The highest BCUT2D eigenvalue weighted by atomic mass is 32.1. The molecule has 2 heterocycles. The monoisotopic (exact) mass is 460 g/mol. The van der Waals surface area contributed by atoms with Gasteiger partial charge >= 0.3 is 11.9 Å². The molecule has 0 unspecified atom stereocenters. The molecule has 1 aromatic carbocycles. The van der Waals surface area contributed by atoms with Gasteiger partial charge in [-0.1, -0.05) is 30.4 Å². The van der Waals surface area contributed by atoms with E-state index in [-0.39, 0.29) is 30.1 Å². The van der Waals surface area contributed by atoms with Crippen LogP contribution in [-0.2, 0) is 35.1 Å². The molecule has 1 aromatic heterocycles. The molecule has 2 aromatic rings. The number of nitrogens with one attached hydrogen (secondary N) is 1. The molecule has 0 saturated carbocycles. The standard InChI is InChI=1S/C20H20N4O7S/c1-3-13(18(28)21-20-23-22-14(32-20)9-15(25)30-4-2)31-16(26)10-24-12-8-6-5-7-11(12)17(27)19(24)29/h5-8,13H,3-4,9-10H2,1-2H3,(H,21,23,28)/t13-/m1/s1. The lowest BCUT2D eigenvalue weighted by atomic mass is 10.1. The number of ether oxygens (including phenoxy) is 2. The summed E-state index contributed by atoms with van der Waals surface area (Å²) in [6.45, 7) is 3.07. The third-order valence-electron chi connectivity index (χ3n) is 4.40. The Morgan fingerprint density at radius 1 is 1.12 bits per heavy atom. The lowest BCUT2D eigenvalue weighted by Crippen LogP contribution is -2.39. The molecule has 1 aliphatic rings. The van der Waals surface area contributed by atoms with Crippen molar-refractivity contribution in [1.29, 1.82) is 0 Å². The summed E-state index contributed by atoms with van der Waals surface area (Å²) in [7, 11) is 0. The zero-order valence-corrected chi connectivity index (χ0v) is 18.1. The van der Waals surface area contributed by atoms with Crippen LogP contribution in [0.25, 0.3) is 0 Å². The number of benzene rings is 1. The zero-order chi connectivity index (χ0) is 23.3. The van der Waals surface area contributed by atoms with E-state index in [4.69, 9.17) is 9.47 Å². The number of para-hydroxylation sites is 1. The van der Waals surface area contributed by atoms with E-state index < -0.39 is 42.2 Å². The molecule has 12 heteroatoms. The van der Waals surface area contributed by atoms with Crippen LogP contribution in [0.5, 0.6) is 0 Å². The molecule has 32 heavy (non-hydrogen) atoms. The van der Waals surface area contributed by atoms with Crippen molar-refractivity contribution >= 4 is 51.7 Å². The van der Waals surface area contributed by atoms with Gasteiger partial charge in [-0.25, -0.2) is 0 Å². The van der Waals surface area contributed by atoms with Crippen LogP contribution in [0.15, 0.2) is 24.3 Å². The second kappa shape index (κ2) is 10.1. The van der Waals surface area contributed by atoms with Gasteiger partial charge in [0.15, 0.2) is 6.10 Å². The molecule has 0 spiro atoms. The molecule has 0 fully saturated rings. The van der Waals surface area contributed by atoms with Gasteiger partial charge in [0.1, 0.15) is 11.6 Å². The molecule has 3 rings (SSSR count). The SMILES string of the molecule is CCOC(=O)Cc1nnc(NC(=O)[C@@H](CC)OC(=O)CN2C(=O)C(=O)c3ccccc32)s1. The fourth-order valence-electron chi connectivity index (χ4n) is 2.95. The van der Waals surface area contributed by atoms with E-state index in [9.17, 15) is 24.0 Å². The van der Waals surface area contributed by atoms with Gasteiger partial charge in [0.25, 0.3) is 17.6 Å². The summed E-state index contributed by atoms with van der Waals surface area (Å²) < 4.78 is 10.1. The number of anilines is 2. The Bertz CT molecular complexity index is 1070. The molecular formula is C20H20N4O7S. The molecular weight excluding hydrogens is 440 g/mol. The predicted octanol–water partition coefficient (Wildman–Crippen LogP) is 1.13. The topological polar surface area (TPSA) is 145 Å². The van der Waals surface area contributed by atoms with Crippen LogP contribution in [0, 0.1) is 0 Å². The Morgan fingerprint density at radius 3 is 2.59 bits per heavy atom. The first-order valence-corrected chi connectivity index (χ1v) is 10.6. The maximum absolute atomic E-state index is 12.5. The molecule has 0 aliphatic carbocycles. The minimum atomic E-state index is -1.15. The summed E-state index contributed by atoms with van der Waals surface area (Å²) in [5, 5.41) is 10.6. The Hall–Kier alpha value is -3.67. The molecule has 0 saturated heterocycles. The van der Waals surface area contributed by atoms with E-state index in [2.05, 4.69) is 15.5 Å². The van der Waals surface area contributed by atoms with Gasteiger partial charge in [0.2, 0.25) is 5.13 Å². The summed E-state index contributed by atoms with van der Waals surface area (Å²) in [6.07, 6.45) is -1.06. The number of rotatable bonds is 9. The molecule has 0 radical (unpaired) electrons. The van der Waals surface area contributed by atoms with E-state index in [1.807, 2.05) is 0 Å². The Kier molecular flexibility index (Phi) is 7.25. The number of carbonyl (C=O) groups is 5. The van der Waals surface area contributed by atoms with E-state index in [0.717, 1.165) is 16.2 Å². The Balaban J connectivity index is 1.58. The minimum Gasteiger partial charge on any atom is -0.466 e. The number of ketones is 1. The highest BCUT2D eigenvalue weighted by Crippen LogP contribution is 2.28. The highest BCUT2D eigenvalue weighted by Gasteiger charge is 2.37. The molecule has 1 atom stereocenters. The van der Waals surface area contributed by atoms with Crippen molar-refractivity contribution in [2.45, 2.75) is 32.8 Å². The van der Waals surface area contributed by atoms with Gasteiger partial charge in [-0.3, -0.25) is 34.2 Å². The second-order valence-corrected chi connectivity index (χ2v) is 7.66. The van der Waals surface area contributed by atoms with Gasteiger partial charge in [-0.2, -0.15) is 0 Å². The van der Waals surface area contributed by atoms with Gasteiger partial charge in [0.05, 0.1) is 24.3 Å². The zero-order valence-electron chi connectivity index (χ0n) is 17.3. The molecule has 1 N–H and O–H groups in total. The number of carbonyl (C=O) groups excluding carboxylic acids is 5. The van der Waals surface area contributed by atoms with Crippen LogP contribution in [0.2, 0.25) is 0 Å². The second-order valence-electron chi connectivity index (χ2n) is 6.60. The van der Waals surface area contributed by atoms with Gasteiger partial charge in [-0.15, -0.1) is 10.2 Å². The molecule has 0 bridgehead atoms. The predicted molar refractivity (Wildman–Crippen MR) is 112 cm³/mol. The summed E-state index contributed by atoms with van der Waals surface area (Å²) >= 11 is 0.995. The molecule has 11 nitrogen and oxygen atoms in total.